The first kappa shape index (κ1) is 22.6. The molecular weight excluding hydrogens is 464 g/mol. The number of hydrogen-bond acceptors (Lipinski definition) is 5. The fourth-order valence-corrected chi connectivity index (χ4v) is 2.93. The molecule has 164 valence electrons. The maximum Gasteiger partial charge on any atom is 0.291 e. The van der Waals surface area contributed by atoms with Crippen LogP contribution < -0.4 is 15.4 Å². The normalized spacial score (nSPS) is 10.9. The van der Waals surface area contributed by atoms with E-state index in [9.17, 15) is 9.59 Å². The minimum atomic E-state index is -0.469. The summed E-state index contributed by atoms with van der Waals surface area (Å²) in [6.07, 6.45) is 1.63. The van der Waals surface area contributed by atoms with Gasteiger partial charge in [-0.25, -0.2) is 0 Å². The number of hydrogen-bond donors (Lipinski definition) is 2. The number of nitrogens with one attached hydrogen (secondary N) is 2. The first-order valence-electron chi connectivity index (χ1n) is 9.99. The fourth-order valence-electron chi connectivity index (χ4n) is 2.67. The Bertz CT molecular complexity index is 1040. The third kappa shape index (κ3) is 6.21. The van der Waals surface area contributed by atoms with Crippen molar-refractivity contribution < 1.29 is 18.7 Å². The number of ether oxygens (including phenoxy) is 1. The molecule has 2 N–H and O–H groups in total. The SMILES string of the molecule is CCn1cc(NC(=O)c2ccc(COc3ccc(Br)cc3)o2)c(C(=O)NCC(C)C)n1. The van der Waals surface area contributed by atoms with E-state index in [1.807, 2.05) is 45.0 Å². The number of anilines is 1. The molecule has 2 amide bonds. The van der Waals surface area contributed by atoms with Gasteiger partial charge in [-0.2, -0.15) is 5.10 Å². The second-order valence-corrected chi connectivity index (χ2v) is 8.23. The van der Waals surface area contributed by atoms with Crippen LogP contribution in [0.15, 0.2) is 51.5 Å². The molecule has 0 aliphatic carbocycles. The van der Waals surface area contributed by atoms with Gasteiger partial charge in [-0.05, 0) is 49.2 Å². The number of benzene rings is 1. The molecule has 0 aliphatic rings. The van der Waals surface area contributed by atoms with Crippen molar-refractivity contribution in [3.63, 3.8) is 0 Å². The van der Waals surface area contributed by atoms with Crippen molar-refractivity contribution in [2.75, 3.05) is 11.9 Å². The second kappa shape index (κ2) is 10.3. The number of halogens is 1. The minimum Gasteiger partial charge on any atom is -0.486 e. The van der Waals surface area contributed by atoms with Crippen LogP contribution in [0.5, 0.6) is 5.75 Å². The Morgan fingerprint density at radius 3 is 2.58 bits per heavy atom. The molecule has 0 bridgehead atoms. The summed E-state index contributed by atoms with van der Waals surface area (Å²) >= 11 is 3.37. The van der Waals surface area contributed by atoms with Gasteiger partial charge in [0.05, 0.1) is 5.69 Å². The average molecular weight is 489 g/mol. The highest BCUT2D eigenvalue weighted by molar-refractivity contribution is 9.10. The summed E-state index contributed by atoms with van der Waals surface area (Å²) in [7, 11) is 0. The number of carbonyl (C=O) groups excluding carboxylic acids is 2. The van der Waals surface area contributed by atoms with Crippen LogP contribution in [0.1, 0.15) is 47.6 Å². The molecule has 0 saturated carbocycles. The van der Waals surface area contributed by atoms with E-state index in [-0.39, 0.29) is 24.0 Å². The standard InChI is InChI=1S/C22H25BrN4O4/c1-4-27-12-18(20(26-27)22(29)24-11-14(2)3)25-21(28)19-10-9-17(31-19)13-30-16-7-5-15(23)6-8-16/h5-10,12,14H,4,11,13H2,1-3H3,(H,24,29)(H,25,28). The minimum absolute atomic E-state index is 0.118. The molecule has 9 heteroatoms. The Labute approximate surface area is 189 Å². The molecule has 0 unspecified atom stereocenters. The Balaban J connectivity index is 1.65. The van der Waals surface area contributed by atoms with Crippen LogP contribution in [0, 0.1) is 5.92 Å². The predicted molar refractivity (Wildman–Crippen MR) is 120 cm³/mol. The number of aromatic nitrogens is 2. The van der Waals surface area contributed by atoms with Gasteiger partial charge in [0.2, 0.25) is 0 Å². The summed E-state index contributed by atoms with van der Waals surface area (Å²) in [4.78, 5) is 25.1. The molecule has 3 rings (SSSR count). The first-order chi connectivity index (χ1) is 14.9. The van der Waals surface area contributed by atoms with Gasteiger partial charge in [-0.1, -0.05) is 29.8 Å². The quantitative estimate of drug-likeness (QED) is 0.462. The van der Waals surface area contributed by atoms with Crippen LogP contribution in [0.25, 0.3) is 0 Å². The van der Waals surface area contributed by atoms with Crippen molar-refractivity contribution in [3.05, 3.63) is 64.3 Å². The van der Waals surface area contributed by atoms with Crippen LogP contribution in [0.2, 0.25) is 0 Å². The van der Waals surface area contributed by atoms with Crippen LogP contribution in [0.3, 0.4) is 0 Å². The maximum atomic E-state index is 12.7. The number of nitrogens with zero attached hydrogens (tertiary/aromatic N) is 2. The van der Waals surface area contributed by atoms with E-state index in [0.717, 1.165) is 4.47 Å². The lowest BCUT2D eigenvalue weighted by atomic mass is 10.2. The Morgan fingerprint density at radius 1 is 1.16 bits per heavy atom. The zero-order chi connectivity index (χ0) is 22.4. The van der Waals surface area contributed by atoms with Crippen molar-refractivity contribution in [2.45, 2.75) is 33.9 Å². The smallest absolute Gasteiger partial charge is 0.291 e. The highest BCUT2D eigenvalue weighted by atomic mass is 79.9. The zero-order valence-electron chi connectivity index (χ0n) is 17.6. The van der Waals surface area contributed by atoms with Gasteiger partial charge >= 0.3 is 0 Å². The van der Waals surface area contributed by atoms with E-state index >= 15 is 0 Å². The lowest BCUT2D eigenvalue weighted by Crippen LogP contribution is -2.28. The van der Waals surface area contributed by atoms with E-state index in [0.29, 0.717) is 36.2 Å². The Morgan fingerprint density at radius 2 is 1.90 bits per heavy atom. The van der Waals surface area contributed by atoms with Gasteiger partial charge in [0.1, 0.15) is 18.1 Å². The Kier molecular flexibility index (Phi) is 7.51. The summed E-state index contributed by atoms with van der Waals surface area (Å²) in [6, 6.07) is 10.7. The van der Waals surface area contributed by atoms with Crippen LogP contribution >= 0.6 is 15.9 Å². The van der Waals surface area contributed by atoms with Crippen LogP contribution in [0.4, 0.5) is 5.69 Å². The molecule has 0 spiro atoms. The van der Waals surface area contributed by atoms with Crippen molar-refractivity contribution >= 4 is 33.4 Å². The molecule has 2 aromatic heterocycles. The molecular formula is C22H25BrN4O4. The summed E-state index contributed by atoms with van der Waals surface area (Å²) in [5.74, 6) is 0.813. The molecule has 0 saturated heterocycles. The maximum absolute atomic E-state index is 12.7. The van der Waals surface area contributed by atoms with E-state index in [1.165, 1.54) is 0 Å². The highest BCUT2D eigenvalue weighted by Gasteiger charge is 2.20. The molecule has 8 nitrogen and oxygen atoms in total. The van der Waals surface area contributed by atoms with E-state index in [2.05, 4.69) is 31.7 Å². The molecule has 3 aromatic rings. The van der Waals surface area contributed by atoms with Gasteiger partial charge in [0.15, 0.2) is 11.5 Å². The summed E-state index contributed by atoms with van der Waals surface area (Å²) in [5, 5.41) is 9.80. The molecule has 0 aliphatic heterocycles. The van der Waals surface area contributed by atoms with E-state index < -0.39 is 5.91 Å². The predicted octanol–water partition coefficient (Wildman–Crippen LogP) is 4.48. The molecule has 0 fully saturated rings. The third-order valence-electron chi connectivity index (χ3n) is 4.30. The van der Waals surface area contributed by atoms with Crippen molar-refractivity contribution in [1.82, 2.24) is 15.1 Å². The highest BCUT2D eigenvalue weighted by Crippen LogP contribution is 2.19. The molecule has 2 heterocycles. The third-order valence-corrected chi connectivity index (χ3v) is 4.83. The number of aryl methyl sites for hydroxylation is 1. The van der Waals surface area contributed by atoms with Gasteiger partial charge in [-0.3, -0.25) is 14.3 Å². The number of furan rings is 1. The lowest BCUT2D eigenvalue weighted by Gasteiger charge is -2.07. The number of amides is 2. The molecule has 0 atom stereocenters. The van der Waals surface area contributed by atoms with Crippen molar-refractivity contribution in [1.29, 1.82) is 0 Å². The molecule has 1 aromatic carbocycles. The topological polar surface area (TPSA) is 98.4 Å². The summed E-state index contributed by atoms with van der Waals surface area (Å²) in [6.45, 7) is 7.18. The van der Waals surface area contributed by atoms with Gasteiger partial charge in [0.25, 0.3) is 11.8 Å². The average Bonchev–Trinajstić information content (AvgIpc) is 3.38. The first-order valence-corrected chi connectivity index (χ1v) is 10.8. The second-order valence-electron chi connectivity index (χ2n) is 7.31. The lowest BCUT2D eigenvalue weighted by molar-refractivity contribution is 0.0944. The number of rotatable bonds is 9. The summed E-state index contributed by atoms with van der Waals surface area (Å²) in [5.41, 5.74) is 0.498. The van der Waals surface area contributed by atoms with E-state index in [4.69, 9.17) is 9.15 Å². The largest absolute Gasteiger partial charge is 0.486 e. The zero-order valence-corrected chi connectivity index (χ0v) is 19.2. The monoisotopic (exact) mass is 488 g/mol. The summed E-state index contributed by atoms with van der Waals surface area (Å²) < 4.78 is 13.8. The van der Waals surface area contributed by atoms with E-state index in [1.54, 1.807) is 23.0 Å². The van der Waals surface area contributed by atoms with Gasteiger partial charge < -0.3 is 19.8 Å². The van der Waals surface area contributed by atoms with Gasteiger partial charge in [0, 0.05) is 23.8 Å². The molecule has 31 heavy (non-hydrogen) atoms. The van der Waals surface area contributed by atoms with Gasteiger partial charge in [-0.15, -0.1) is 0 Å². The fraction of sp³-hybridized carbons (Fsp3) is 0.318. The van der Waals surface area contributed by atoms with Crippen LogP contribution in [-0.4, -0.2) is 28.1 Å². The Hall–Kier alpha value is -3.07. The van der Waals surface area contributed by atoms with Crippen LogP contribution in [-0.2, 0) is 13.2 Å². The van der Waals surface area contributed by atoms with Crippen molar-refractivity contribution in [2.24, 2.45) is 5.92 Å². The molecule has 0 radical (unpaired) electrons. The number of carbonyl (C=O) groups is 2. The van der Waals surface area contributed by atoms with Crippen molar-refractivity contribution in [3.8, 4) is 5.75 Å².